The number of hydrogen-bond donors (Lipinski definition) is 2. The molecule has 1 saturated carbocycles. The topological polar surface area (TPSA) is 149 Å². The number of amides is 2. The summed E-state index contributed by atoms with van der Waals surface area (Å²) in [5.41, 5.74) is 1.63. The van der Waals surface area contributed by atoms with Gasteiger partial charge in [-0.05, 0) is 74.2 Å². The molecular weight excluding hydrogens is 584 g/mol. The molecule has 4 aromatic rings. The largest absolute Gasteiger partial charge is 0.467 e. The molecule has 1 aliphatic heterocycles. The van der Waals surface area contributed by atoms with Crippen LogP contribution in [0.2, 0.25) is 0 Å². The van der Waals surface area contributed by atoms with Crippen molar-refractivity contribution in [1.82, 2.24) is 25.0 Å². The van der Waals surface area contributed by atoms with Gasteiger partial charge in [0.15, 0.2) is 6.04 Å². The number of para-hydroxylation sites is 1. The van der Waals surface area contributed by atoms with Crippen molar-refractivity contribution in [3.8, 4) is 0 Å². The van der Waals surface area contributed by atoms with E-state index in [1.807, 2.05) is 18.2 Å². The summed E-state index contributed by atoms with van der Waals surface area (Å²) in [7, 11) is -3.83. The van der Waals surface area contributed by atoms with Gasteiger partial charge < -0.3 is 14.5 Å². The molecule has 2 aromatic heterocycles. The highest BCUT2D eigenvalue weighted by molar-refractivity contribution is 7.89. The summed E-state index contributed by atoms with van der Waals surface area (Å²) in [6.07, 6.45) is 7.91. The minimum atomic E-state index is -3.83. The molecule has 12 nitrogen and oxygen atoms in total. The second-order valence-corrected chi connectivity index (χ2v) is 13.0. The van der Waals surface area contributed by atoms with Crippen LogP contribution in [0, 0.1) is 0 Å². The summed E-state index contributed by atoms with van der Waals surface area (Å²) in [6, 6.07) is 15.4. The fourth-order valence-corrected chi connectivity index (χ4v) is 6.97. The van der Waals surface area contributed by atoms with Gasteiger partial charge in [-0.2, -0.15) is 0 Å². The normalized spacial score (nSPS) is 18.3. The van der Waals surface area contributed by atoms with Crippen LogP contribution in [0.3, 0.4) is 0 Å². The maximum Gasteiger partial charge on any atom is 0.251 e. The van der Waals surface area contributed by atoms with Crippen LogP contribution in [-0.2, 0) is 30.9 Å². The fraction of sp³-hybridized carbons (Fsp3) is 0.419. The van der Waals surface area contributed by atoms with E-state index in [4.69, 9.17) is 9.15 Å². The SMILES string of the molecule is O=C(NC1CCCCC1)[C@H](c1ccco1)N(C(=O)Cn1nnc2ccccc21)c1ccc(S(=O)(=O)NC[C@H]2CCCO2)cc1. The van der Waals surface area contributed by atoms with Gasteiger partial charge in [0.1, 0.15) is 17.8 Å². The second-order valence-electron chi connectivity index (χ2n) is 11.2. The third-order valence-corrected chi connectivity index (χ3v) is 9.63. The number of nitrogens with one attached hydrogen (secondary N) is 2. The lowest BCUT2D eigenvalue weighted by molar-refractivity contribution is -0.128. The lowest BCUT2D eigenvalue weighted by atomic mass is 9.95. The van der Waals surface area contributed by atoms with Crippen LogP contribution < -0.4 is 14.9 Å². The Morgan fingerprint density at radius 1 is 0.977 bits per heavy atom. The molecule has 0 spiro atoms. The van der Waals surface area contributed by atoms with Gasteiger partial charge in [0, 0.05) is 24.9 Å². The first kappa shape index (κ1) is 30.0. The molecule has 232 valence electrons. The predicted octanol–water partition coefficient (Wildman–Crippen LogP) is 3.71. The third-order valence-electron chi connectivity index (χ3n) is 8.19. The molecule has 2 fully saturated rings. The van der Waals surface area contributed by atoms with Crippen LogP contribution in [0.25, 0.3) is 11.0 Å². The number of ether oxygens (including phenoxy) is 1. The highest BCUT2D eigenvalue weighted by atomic mass is 32.2. The van der Waals surface area contributed by atoms with Crippen molar-refractivity contribution < 1.29 is 27.2 Å². The van der Waals surface area contributed by atoms with Gasteiger partial charge in [-0.15, -0.1) is 5.10 Å². The number of rotatable bonds is 11. The predicted molar refractivity (Wildman–Crippen MR) is 162 cm³/mol. The van der Waals surface area contributed by atoms with E-state index in [0.717, 1.165) is 44.9 Å². The van der Waals surface area contributed by atoms with Crippen LogP contribution in [-0.4, -0.2) is 60.5 Å². The first-order valence-corrected chi connectivity index (χ1v) is 16.5. The maximum absolute atomic E-state index is 14.2. The Balaban J connectivity index is 1.33. The van der Waals surface area contributed by atoms with Crippen LogP contribution in [0.15, 0.2) is 76.2 Å². The minimum absolute atomic E-state index is 0.00707. The van der Waals surface area contributed by atoms with E-state index in [-0.39, 0.29) is 41.8 Å². The Morgan fingerprint density at radius 3 is 2.50 bits per heavy atom. The van der Waals surface area contributed by atoms with E-state index >= 15 is 0 Å². The standard InChI is InChI=1S/C31H36N6O6S/c38-29(21-36-27-12-5-4-11-26(27)34-35-36)37(30(28-13-7-19-43-28)31(39)33-22-8-2-1-3-9-22)23-14-16-25(17-15-23)44(40,41)32-20-24-10-6-18-42-24/h4-5,7,11-17,19,22,24,30,32H,1-3,6,8-10,18,20-21H2,(H,33,39)/t24-,30+/m1/s1. The number of fused-ring (bicyclic) bond motifs is 1. The van der Waals surface area contributed by atoms with Crippen molar-refractivity contribution in [3.63, 3.8) is 0 Å². The Morgan fingerprint density at radius 2 is 1.77 bits per heavy atom. The second kappa shape index (κ2) is 13.3. The summed E-state index contributed by atoms with van der Waals surface area (Å²) in [4.78, 5) is 29.5. The Labute approximate surface area is 255 Å². The molecule has 1 saturated heterocycles. The molecule has 44 heavy (non-hydrogen) atoms. The Bertz CT molecular complexity index is 1680. The first-order valence-electron chi connectivity index (χ1n) is 15.0. The summed E-state index contributed by atoms with van der Waals surface area (Å²) in [5, 5.41) is 11.5. The average molecular weight is 621 g/mol. The van der Waals surface area contributed by atoms with Crippen molar-refractivity contribution in [2.24, 2.45) is 0 Å². The number of anilines is 1. The lowest BCUT2D eigenvalue weighted by Gasteiger charge is -2.32. The van der Waals surface area contributed by atoms with Gasteiger partial charge >= 0.3 is 0 Å². The van der Waals surface area contributed by atoms with E-state index < -0.39 is 22.0 Å². The first-order chi connectivity index (χ1) is 21.4. The number of benzene rings is 2. The van der Waals surface area contributed by atoms with E-state index in [2.05, 4.69) is 20.4 Å². The smallest absolute Gasteiger partial charge is 0.251 e. The highest BCUT2D eigenvalue weighted by Gasteiger charge is 2.36. The zero-order valence-corrected chi connectivity index (χ0v) is 25.1. The molecule has 2 aromatic carbocycles. The number of aromatic nitrogens is 3. The van der Waals surface area contributed by atoms with Crippen molar-refractivity contribution in [2.75, 3.05) is 18.1 Å². The molecule has 6 rings (SSSR count). The molecule has 0 radical (unpaired) electrons. The number of carbonyl (C=O) groups excluding carboxylic acids is 2. The molecule has 1 aliphatic carbocycles. The van der Waals surface area contributed by atoms with Crippen molar-refractivity contribution in [3.05, 3.63) is 72.7 Å². The zero-order chi connectivity index (χ0) is 30.5. The van der Waals surface area contributed by atoms with Gasteiger partial charge in [0.25, 0.3) is 5.91 Å². The summed E-state index contributed by atoms with van der Waals surface area (Å²) in [6.45, 7) is 0.598. The van der Waals surface area contributed by atoms with E-state index in [1.165, 1.54) is 40.1 Å². The summed E-state index contributed by atoms with van der Waals surface area (Å²) >= 11 is 0. The number of hydrogen-bond acceptors (Lipinski definition) is 8. The number of furan rings is 1. The van der Waals surface area contributed by atoms with E-state index in [0.29, 0.717) is 23.3 Å². The number of carbonyl (C=O) groups is 2. The minimum Gasteiger partial charge on any atom is -0.467 e. The molecule has 2 aliphatic rings. The van der Waals surface area contributed by atoms with Gasteiger partial charge in [-0.1, -0.05) is 36.6 Å². The molecule has 13 heteroatoms. The molecule has 2 N–H and O–H groups in total. The fourth-order valence-electron chi connectivity index (χ4n) is 5.90. The molecule has 3 heterocycles. The lowest BCUT2D eigenvalue weighted by Crippen LogP contribution is -2.48. The van der Waals surface area contributed by atoms with Gasteiger partial charge in [-0.25, -0.2) is 17.8 Å². The quantitative estimate of drug-likeness (QED) is 0.258. The van der Waals surface area contributed by atoms with Gasteiger partial charge in [-0.3, -0.25) is 14.5 Å². The van der Waals surface area contributed by atoms with Crippen molar-refractivity contribution >= 4 is 38.6 Å². The monoisotopic (exact) mass is 620 g/mol. The zero-order valence-electron chi connectivity index (χ0n) is 24.3. The number of nitrogens with zero attached hydrogens (tertiary/aromatic N) is 4. The molecule has 0 bridgehead atoms. The van der Waals surface area contributed by atoms with Gasteiger partial charge in [0.05, 0.1) is 22.8 Å². The van der Waals surface area contributed by atoms with Gasteiger partial charge in [0.2, 0.25) is 15.9 Å². The Kier molecular flexibility index (Phi) is 9.05. The molecule has 2 atom stereocenters. The van der Waals surface area contributed by atoms with Crippen LogP contribution in [0.4, 0.5) is 5.69 Å². The van der Waals surface area contributed by atoms with Crippen molar-refractivity contribution in [1.29, 1.82) is 0 Å². The van der Waals surface area contributed by atoms with Crippen molar-refractivity contribution in [2.45, 2.75) is 74.6 Å². The van der Waals surface area contributed by atoms with E-state index in [9.17, 15) is 18.0 Å². The summed E-state index contributed by atoms with van der Waals surface area (Å²) < 4.78 is 41.4. The molecule has 0 unspecified atom stereocenters. The number of sulfonamides is 1. The van der Waals surface area contributed by atoms with Crippen LogP contribution >= 0.6 is 0 Å². The van der Waals surface area contributed by atoms with E-state index in [1.54, 1.807) is 18.2 Å². The summed E-state index contributed by atoms with van der Waals surface area (Å²) in [5.74, 6) is -0.545. The maximum atomic E-state index is 14.2. The van der Waals surface area contributed by atoms with Crippen LogP contribution in [0.1, 0.15) is 56.7 Å². The molecular formula is C31H36N6O6S. The third kappa shape index (κ3) is 6.69. The highest BCUT2D eigenvalue weighted by Crippen LogP contribution is 2.31. The average Bonchev–Trinajstić information content (AvgIpc) is 3.83. The Hall–Kier alpha value is -4.07. The van der Waals surface area contributed by atoms with Crippen LogP contribution in [0.5, 0.6) is 0 Å². The molecule has 2 amide bonds.